The van der Waals surface area contributed by atoms with Crippen LogP contribution in [0, 0.1) is 0 Å². The Balaban J connectivity index is 1.17. The zero-order valence-electron chi connectivity index (χ0n) is 19.0. The number of likely N-dealkylation sites (tertiary alicyclic amines) is 1. The lowest BCUT2D eigenvalue weighted by Crippen LogP contribution is -2.51. The molecule has 2 N–H and O–H groups in total. The Bertz CT molecular complexity index is 1210. The number of aromatic nitrogens is 2. The summed E-state index contributed by atoms with van der Waals surface area (Å²) in [6, 6.07) is 4.19. The highest BCUT2D eigenvalue weighted by Gasteiger charge is 2.25. The van der Waals surface area contributed by atoms with Crippen LogP contribution in [-0.4, -0.2) is 51.6 Å². The van der Waals surface area contributed by atoms with Gasteiger partial charge in [-0.05, 0) is 37.1 Å². The first kappa shape index (κ1) is 23.0. The number of hydrogen-bond donors (Lipinski definition) is 2. The molecule has 0 radical (unpaired) electrons. The fraction of sp³-hybridized carbons (Fsp3) is 0.500. The third kappa shape index (κ3) is 5.02. The lowest BCUT2D eigenvalue weighted by atomic mass is 9.96. The molecule has 8 nitrogen and oxygen atoms in total. The topological polar surface area (TPSA) is 96.3 Å². The fourth-order valence-electron chi connectivity index (χ4n) is 4.87. The zero-order chi connectivity index (χ0) is 23.5. The second kappa shape index (κ2) is 10.3. The molecule has 2 aliphatic rings. The van der Waals surface area contributed by atoms with Crippen molar-refractivity contribution in [2.24, 2.45) is 0 Å². The Kier molecular flexibility index (Phi) is 6.96. The second-order valence-electron chi connectivity index (χ2n) is 9.09. The van der Waals surface area contributed by atoms with Gasteiger partial charge in [0.15, 0.2) is 0 Å². The minimum absolute atomic E-state index is 0.0260. The van der Waals surface area contributed by atoms with Crippen molar-refractivity contribution >= 4 is 44.8 Å². The van der Waals surface area contributed by atoms with Gasteiger partial charge in [-0.25, -0.2) is 9.78 Å². The molecule has 1 saturated carbocycles. The van der Waals surface area contributed by atoms with Crippen LogP contribution < -0.4 is 16.2 Å². The van der Waals surface area contributed by atoms with E-state index in [1.165, 1.54) is 41.5 Å². The third-order valence-corrected chi connectivity index (χ3v) is 8.57. The monoisotopic (exact) mass is 499 g/mol. The molecule has 0 bridgehead atoms. The van der Waals surface area contributed by atoms with Crippen molar-refractivity contribution in [2.45, 2.75) is 63.6 Å². The number of amides is 3. The molecule has 0 unspecified atom stereocenters. The highest BCUT2D eigenvalue weighted by molar-refractivity contribution is 7.18. The summed E-state index contributed by atoms with van der Waals surface area (Å²) in [5.74, 6) is -0.0961. The van der Waals surface area contributed by atoms with Crippen molar-refractivity contribution in [2.75, 3.05) is 13.1 Å². The largest absolute Gasteiger partial charge is 0.341 e. The number of fused-ring (bicyclic) bond motifs is 1. The summed E-state index contributed by atoms with van der Waals surface area (Å²) in [6.07, 6.45) is 8.62. The van der Waals surface area contributed by atoms with E-state index < -0.39 is 0 Å². The molecule has 0 spiro atoms. The van der Waals surface area contributed by atoms with Gasteiger partial charge in [0.05, 0.1) is 11.7 Å². The Hall–Kier alpha value is -2.72. The SMILES string of the molecule is O=C(NC1CCCCC1)NC1CCN(C(=O)Cn2cnc3scc(-c4cccs4)c3c2=O)CC1. The van der Waals surface area contributed by atoms with Crippen molar-refractivity contribution in [3.8, 4) is 10.4 Å². The highest BCUT2D eigenvalue weighted by Crippen LogP contribution is 2.33. The van der Waals surface area contributed by atoms with Gasteiger partial charge in [0.25, 0.3) is 5.56 Å². The molecule has 0 atom stereocenters. The molecule has 3 amide bonds. The van der Waals surface area contributed by atoms with Crippen LogP contribution in [-0.2, 0) is 11.3 Å². The molecule has 180 valence electrons. The van der Waals surface area contributed by atoms with Crippen LogP contribution in [0.4, 0.5) is 4.79 Å². The summed E-state index contributed by atoms with van der Waals surface area (Å²) in [7, 11) is 0. The molecule has 34 heavy (non-hydrogen) atoms. The first-order valence-corrected chi connectivity index (χ1v) is 13.7. The predicted molar refractivity (Wildman–Crippen MR) is 135 cm³/mol. The number of hydrogen-bond acceptors (Lipinski definition) is 6. The second-order valence-corrected chi connectivity index (χ2v) is 10.9. The number of piperidine rings is 1. The van der Waals surface area contributed by atoms with Crippen LogP contribution in [0.3, 0.4) is 0 Å². The Morgan fingerprint density at radius 3 is 2.47 bits per heavy atom. The van der Waals surface area contributed by atoms with Gasteiger partial charge in [-0.3, -0.25) is 14.2 Å². The molecule has 1 aliphatic carbocycles. The van der Waals surface area contributed by atoms with Gasteiger partial charge in [-0.2, -0.15) is 0 Å². The molecular weight excluding hydrogens is 470 g/mol. The number of carbonyl (C=O) groups is 2. The highest BCUT2D eigenvalue weighted by atomic mass is 32.1. The van der Waals surface area contributed by atoms with Crippen LogP contribution in [0.25, 0.3) is 20.7 Å². The summed E-state index contributed by atoms with van der Waals surface area (Å²) < 4.78 is 1.41. The summed E-state index contributed by atoms with van der Waals surface area (Å²) >= 11 is 3.03. The van der Waals surface area contributed by atoms with Crippen molar-refractivity contribution in [1.29, 1.82) is 0 Å². The summed E-state index contributed by atoms with van der Waals surface area (Å²) in [5, 5.41) is 10.7. The third-order valence-electron chi connectivity index (χ3n) is 6.78. The Labute approximate surface area is 206 Å². The van der Waals surface area contributed by atoms with E-state index in [-0.39, 0.29) is 36.1 Å². The van der Waals surface area contributed by atoms with Gasteiger partial charge in [-0.1, -0.05) is 25.3 Å². The molecule has 2 fully saturated rings. The van der Waals surface area contributed by atoms with Crippen LogP contribution in [0.5, 0.6) is 0 Å². The van der Waals surface area contributed by atoms with E-state index >= 15 is 0 Å². The van der Waals surface area contributed by atoms with E-state index in [4.69, 9.17) is 0 Å². The van der Waals surface area contributed by atoms with Crippen LogP contribution in [0.15, 0.2) is 34.0 Å². The molecule has 1 saturated heterocycles. The predicted octanol–water partition coefficient (Wildman–Crippen LogP) is 3.81. The average molecular weight is 500 g/mol. The minimum atomic E-state index is -0.182. The van der Waals surface area contributed by atoms with Crippen molar-refractivity contribution in [3.63, 3.8) is 0 Å². The first-order valence-electron chi connectivity index (χ1n) is 11.9. The number of nitrogens with zero attached hydrogens (tertiary/aromatic N) is 3. The van der Waals surface area contributed by atoms with Gasteiger partial charge in [-0.15, -0.1) is 22.7 Å². The molecule has 10 heteroatoms. The molecule has 3 aromatic heterocycles. The number of rotatable bonds is 5. The number of urea groups is 1. The van der Waals surface area contributed by atoms with Gasteiger partial charge in [0.2, 0.25) is 5.91 Å². The maximum atomic E-state index is 13.2. The molecule has 3 aromatic rings. The normalized spacial score (nSPS) is 17.7. The molecule has 4 heterocycles. The molecular formula is C24H29N5O3S2. The molecule has 0 aromatic carbocycles. The lowest BCUT2D eigenvalue weighted by Gasteiger charge is -2.33. The van der Waals surface area contributed by atoms with E-state index in [9.17, 15) is 14.4 Å². The molecule has 1 aliphatic heterocycles. The van der Waals surface area contributed by atoms with Crippen LogP contribution in [0.2, 0.25) is 0 Å². The van der Waals surface area contributed by atoms with Gasteiger partial charge in [0, 0.05) is 41.0 Å². The number of nitrogens with one attached hydrogen (secondary N) is 2. The van der Waals surface area contributed by atoms with E-state index in [0.29, 0.717) is 36.1 Å². The van der Waals surface area contributed by atoms with Crippen LogP contribution >= 0.6 is 22.7 Å². The van der Waals surface area contributed by atoms with E-state index in [0.717, 1.165) is 23.3 Å². The van der Waals surface area contributed by atoms with E-state index in [1.54, 1.807) is 16.2 Å². The van der Waals surface area contributed by atoms with Gasteiger partial charge >= 0.3 is 6.03 Å². The van der Waals surface area contributed by atoms with Crippen LogP contribution in [0.1, 0.15) is 44.9 Å². The minimum Gasteiger partial charge on any atom is -0.341 e. The van der Waals surface area contributed by atoms with Crippen molar-refractivity contribution < 1.29 is 9.59 Å². The Morgan fingerprint density at radius 1 is 1.03 bits per heavy atom. The maximum absolute atomic E-state index is 13.2. The van der Waals surface area contributed by atoms with Gasteiger partial charge in [0.1, 0.15) is 11.4 Å². The summed E-state index contributed by atoms with van der Waals surface area (Å²) in [4.78, 5) is 46.4. The lowest BCUT2D eigenvalue weighted by molar-refractivity contribution is -0.133. The summed E-state index contributed by atoms with van der Waals surface area (Å²) in [6.45, 7) is 1.11. The van der Waals surface area contributed by atoms with E-state index in [2.05, 4.69) is 15.6 Å². The smallest absolute Gasteiger partial charge is 0.315 e. The maximum Gasteiger partial charge on any atom is 0.315 e. The Morgan fingerprint density at radius 2 is 1.76 bits per heavy atom. The zero-order valence-corrected chi connectivity index (χ0v) is 20.6. The van der Waals surface area contributed by atoms with Crippen molar-refractivity contribution in [1.82, 2.24) is 25.1 Å². The van der Waals surface area contributed by atoms with Gasteiger partial charge < -0.3 is 15.5 Å². The summed E-state index contributed by atoms with van der Waals surface area (Å²) in [5.41, 5.74) is 0.701. The average Bonchev–Trinajstić information content (AvgIpc) is 3.52. The quantitative estimate of drug-likeness (QED) is 0.558. The van der Waals surface area contributed by atoms with Crippen molar-refractivity contribution in [3.05, 3.63) is 39.6 Å². The van der Waals surface area contributed by atoms with E-state index in [1.807, 2.05) is 22.9 Å². The first-order chi connectivity index (χ1) is 16.6. The number of carbonyl (C=O) groups excluding carboxylic acids is 2. The number of thiophene rings is 2. The standard InChI is InChI=1S/C24H29N5O3S2/c30-20(28-10-8-17(9-11-28)27-24(32)26-16-5-2-1-3-6-16)13-29-15-25-22-21(23(29)31)18(14-34-22)19-7-4-12-33-19/h4,7,12,14-17H,1-3,5-6,8-11,13H2,(H2,26,27,32). The molecule has 5 rings (SSSR count). The fourth-order valence-corrected chi connectivity index (χ4v) is 6.59.